The molecule has 0 spiro atoms. The van der Waals surface area contributed by atoms with Gasteiger partial charge in [0.15, 0.2) is 0 Å². The van der Waals surface area contributed by atoms with Gasteiger partial charge in [-0.1, -0.05) is 12.1 Å². The van der Waals surface area contributed by atoms with Crippen molar-refractivity contribution in [2.24, 2.45) is 0 Å². The van der Waals surface area contributed by atoms with E-state index < -0.39 is 30.2 Å². The van der Waals surface area contributed by atoms with E-state index in [0.717, 1.165) is 18.5 Å². The van der Waals surface area contributed by atoms with Gasteiger partial charge in [0, 0.05) is 11.5 Å². The summed E-state index contributed by atoms with van der Waals surface area (Å²) in [5.41, 5.74) is 8.23. The van der Waals surface area contributed by atoms with Crippen molar-refractivity contribution in [1.82, 2.24) is 15.3 Å². The minimum absolute atomic E-state index is 0.141. The van der Waals surface area contributed by atoms with Crippen molar-refractivity contribution in [2.45, 2.75) is 50.7 Å². The highest BCUT2D eigenvalue weighted by Crippen LogP contribution is 2.34. The second-order valence-corrected chi connectivity index (χ2v) is 9.00. The molecule has 0 aliphatic heterocycles. The number of benzene rings is 2. The lowest BCUT2D eigenvalue weighted by Crippen LogP contribution is -2.31. The number of hydrogen-bond acceptors (Lipinski definition) is 6. The summed E-state index contributed by atoms with van der Waals surface area (Å²) in [5, 5.41) is 22.0. The summed E-state index contributed by atoms with van der Waals surface area (Å²) >= 11 is 0. The van der Waals surface area contributed by atoms with Crippen LogP contribution in [0.5, 0.6) is 0 Å². The Morgan fingerprint density at radius 1 is 1.17 bits per heavy atom. The van der Waals surface area contributed by atoms with Crippen LogP contribution in [0.15, 0.2) is 42.6 Å². The summed E-state index contributed by atoms with van der Waals surface area (Å²) in [4.78, 5) is 21.6. The molecule has 1 atom stereocenters. The maximum absolute atomic E-state index is 15.0. The fraction of sp³-hybridized carbons (Fsp3) is 0.346. The number of aliphatic hydroxyl groups is 2. The standard InChI is InChI=1S/C26H28F2N4O3/c1-14-8-17(10-18(27)9-14)23(13-33)32-26(35)20-7-4-16(11-21(20)28)24-25(29)30-12-22(31-24)15-2-5-19(34)6-3-15/h4,7-12,15,19,23,33-34H,2-3,5-6,13H2,1H3,(H2,29,30)(H,32,35). The Morgan fingerprint density at radius 2 is 1.91 bits per heavy atom. The summed E-state index contributed by atoms with van der Waals surface area (Å²) < 4.78 is 28.8. The summed E-state index contributed by atoms with van der Waals surface area (Å²) in [6.07, 6.45) is 4.26. The molecule has 1 heterocycles. The Kier molecular flexibility index (Phi) is 7.37. The third kappa shape index (κ3) is 5.63. The minimum Gasteiger partial charge on any atom is -0.394 e. The van der Waals surface area contributed by atoms with Gasteiger partial charge < -0.3 is 21.3 Å². The molecule has 3 aromatic rings. The van der Waals surface area contributed by atoms with Gasteiger partial charge in [-0.05, 0) is 68.0 Å². The lowest BCUT2D eigenvalue weighted by Gasteiger charge is -2.25. The van der Waals surface area contributed by atoms with Gasteiger partial charge in [-0.2, -0.15) is 0 Å². The molecule has 5 N–H and O–H groups in total. The number of carbonyl (C=O) groups is 1. The number of aromatic nitrogens is 2. The van der Waals surface area contributed by atoms with Crippen LogP contribution in [0.3, 0.4) is 0 Å². The van der Waals surface area contributed by atoms with Crippen molar-refractivity contribution < 1.29 is 23.8 Å². The molecule has 2 aromatic carbocycles. The summed E-state index contributed by atoms with van der Waals surface area (Å²) in [7, 11) is 0. The van der Waals surface area contributed by atoms with Gasteiger partial charge in [0.25, 0.3) is 5.91 Å². The predicted molar refractivity (Wildman–Crippen MR) is 127 cm³/mol. The first-order chi connectivity index (χ1) is 16.7. The number of aryl methyl sites for hydroxylation is 1. The average Bonchev–Trinajstić information content (AvgIpc) is 2.82. The van der Waals surface area contributed by atoms with Crippen LogP contribution in [0.1, 0.15) is 64.8 Å². The number of anilines is 1. The number of nitrogens with zero attached hydrogens (tertiary/aromatic N) is 2. The molecule has 1 unspecified atom stereocenters. The minimum atomic E-state index is -0.900. The molecule has 1 aromatic heterocycles. The van der Waals surface area contributed by atoms with E-state index >= 15 is 4.39 Å². The topological polar surface area (TPSA) is 121 Å². The molecular formula is C26H28F2N4O3. The van der Waals surface area contributed by atoms with Crippen molar-refractivity contribution in [3.8, 4) is 11.3 Å². The van der Waals surface area contributed by atoms with Crippen molar-refractivity contribution in [1.29, 1.82) is 0 Å². The van der Waals surface area contributed by atoms with E-state index in [4.69, 9.17) is 5.73 Å². The fourth-order valence-electron chi connectivity index (χ4n) is 4.48. The highest BCUT2D eigenvalue weighted by atomic mass is 19.1. The van der Waals surface area contributed by atoms with E-state index in [1.165, 1.54) is 30.3 Å². The molecule has 1 aliphatic carbocycles. The summed E-state index contributed by atoms with van der Waals surface area (Å²) in [5.74, 6) is -1.75. The van der Waals surface area contributed by atoms with Crippen molar-refractivity contribution >= 4 is 11.7 Å². The molecule has 35 heavy (non-hydrogen) atoms. The van der Waals surface area contributed by atoms with Gasteiger partial charge in [0.2, 0.25) is 0 Å². The molecule has 1 amide bonds. The molecule has 9 heteroatoms. The number of amides is 1. The number of carbonyl (C=O) groups excluding carboxylic acids is 1. The van der Waals surface area contributed by atoms with E-state index in [1.807, 2.05) is 0 Å². The zero-order valence-electron chi connectivity index (χ0n) is 19.3. The van der Waals surface area contributed by atoms with Gasteiger partial charge in [0.05, 0.1) is 36.2 Å². The SMILES string of the molecule is Cc1cc(F)cc(C(CO)NC(=O)c2ccc(-c3nc(C4CCC(O)CC4)cnc3N)cc2F)c1. The van der Waals surface area contributed by atoms with Crippen molar-refractivity contribution in [3.05, 3.63) is 76.6 Å². The van der Waals surface area contributed by atoms with Gasteiger partial charge >= 0.3 is 0 Å². The monoisotopic (exact) mass is 482 g/mol. The highest BCUT2D eigenvalue weighted by Gasteiger charge is 2.24. The third-order valence-corrected chi connectivity index (χ3v) is 6.38. The van der Waals surface area contributed by atoms with E-state index in [1.54, 1.807) is 19.2 Å². The zero-order valence-corrected chi connectivity index (χ0v) is 19.3. The Morgan fingerprint density at radius 3 is 2.57 bits per heavy atom. The molecule has 4 rings (SSSR count). The lowest BCUT2D eigenvalue weighted by molar-refractivity contribution is 0.0912. The molecule has 7 nitrogen and oxygen atoms in total. The lowest BCUT2D eigenvalue weighted by atomic mass is 9.85. The van der Waals surface area contributed by atoms with Gasteiger partial charge in [-0.3, -0.25) is 4.79 Å². The highest BCUT2D eigenvalue weighted by molar-refractivity contribution is 5.95. The Balaban J connectivity index is 1.55. The van der Waals surface area contributed by atoms with Crippen LogP contribution in [0.4, 0.5) is 14.6 Å². The number of aliphatic hydroxyl groups excluding tert-OH is 2. The molecular weight excluding hydrogens is 454 g/mol. The van der Waals surface area contributed by atoms with Crippen LogP contribution in [0.25, 0.3) is 11.3 Å². The first kappa shape index (κ1) is 24.7. The maximum atomic E-state index is 15.0. The van der Waals surface area contributed by atoms with E-state index in [0.29, 0.717) is 35.2 Å². The number of rotatable bonds is 6. The quantitative estimate of drug-likeness (QED) is 0.424. The Bertz CT molecular complexity index is 1210. The van der Waals surface area contributed by atoms with Gasteiger partial charge in [0.1, 0.15) is 23.1 Å². The largest absolute Gasteiger partial charge is 0.394 e. The smallest absolute Gasteiger partial charge is 0.254 e. The molecule has 1 aliphatic rings. The molecule has 1 fully saturated rings. The average molecular weight is 483 g/mol. The van der Waals surface area contributed by atoms with E-state index in [9.17, 15) is 19.4 Å². The number of nitrogen functional groups attached to an aromatic ring is 1. The van der Waals surface area contributed by atoms with Crippen LogP contribution >= 0.6 is 0 Å². The zero-order chi connectivity index (χ0) is 25.1. The third-order valence-electron chi connectivity index (χ3n) is 6.38. The molecule has 184 valence electrons. The second kappa shape index (κ2) is 10.5. The Hall–Kier alpha value is -3.43. The number of nitrogens with one attached hydrogen (secondary N) is 1. The summed E-state index contributed by atoms with van der Waals surface area (Å²) in [6, 6.07) is 7.32. The van der Waals surface area contributed by atoms with Crippen molar-refractivity contribution in [3.63, 3.8) is 0 Å². The Labute approximate surface area is 202 Å². The molecule has 0 saturated heterocycles. The molecule has 1 saturated carbocycles. The first-order valence-corrected chi connectivity index (χ1v) is 11.5. The molecule has 0 radical (unpaired) electrons. The van der Waals surface area contributed by atoms with E-state index in [-0.39, 0.29) is 23.4 Å². The van der Waals surface area contributed by atoms with Crippen LogP contribution in [-0.4, -0.2) is 38.8 Å². The second-order valence-electron chi connectivity index (χ2n) is 9.00. The van der Waals surface area contributed by atoms with Gasteiger partial charge in [-0.25, -0.2) is 18.7 Å². The molecule has 0 bridgehead atoms. The number of halogens is 2. The number of hydrogen-bond donors (Lipinski definition) is 4. The van der Waals surface area contributed by atoms with Crippen LogP contribution in [0.2, 0.25) is 0 Å². The predicted octanol–water partition coefficient (Wildman–Crippen LogP) is 3.79. The van der Waals surface area contributed by atoms with Crippen LogP contribution in [-0.2, 0) is 0 Å². The normalized spacial score (nSPS) is 18.8. The van der Waals surface area contributed by atoms with E-state index in [2.05, 4.69) is 15.3 Å². The van der Waals surface area contributed by atoms with Crippen molar-refractivity contribution in [2.75, 3.05) is 12.3 Å². The first-order valence-electron chi connectivity index (χ1n) is 11.5. The maximum Gasteiger partial charge on any atom is 0.254 e. The summed E-state index contributed by atoms with van der Waals surface area (Å²) in [6.45, 7) is 1.22. The van der Waals surface area contributed by atoms with Crippen LogP contribution in [0, 0.1) is 18.6 Å². The number of nitrogens with two attached hydrogens (primary N) is 1. The van der Waals surface area contributed by atoms with Gasteiger partial charge in [-0.15, -0.1) is 0 Å². The fourth-order valence-corrected chi connectivity index (χ4v) is 4.48. The van der Waals surface area contributed by atoms with Crippen LogP contribution < -0.4 is 11.1 Å².